The number of carbonyl (C=O) groups is 1. The molecule has 0 saturated carbocycles. The van der Waals surface area contributed by atoms with Crippen molar-refractivity contribution < 1.29 is 9.36 Å². The number of aromatic nitrogens is 2. The van der Waals surface area contributed by atoms with Gasteiger partial charge in [-0.3, -0.25) is 4.79 Å². The van der Waals surface area contributed by atoms with Gasteiger partial charge in [0.05, 0.1) is 0 Å². The van der Waals surface area contributed by atoms with E-state index in [0.29, 0.717) is 0 Å². The molecule has 0 radical (unpaired) electrons. The Hall–Kier alpha value is -2.94. The van der Waals surface area contributed by atoms with Crippen LogP contribution < -0.4 is 4.57 Å². The Kier molecular flexibility index (Phi) is 2.03. The lowest BCUT2D eigenvalue weighted by atomic mass is 10.1. The van der Waals surface area contributed by atoms with Gasteiger partial charge in [-0.15, -0.1) is 0 Å². The highest BCUT2D eigenvalue weighted by atomic mass is 16.1. The second kappa shape index (κ2) is 3.83. The molecule has 104 valence electrons. The van der Waals surface area contributed by atoms with Crippen LogP contribution in [0.25, 0.3) is 27.5 Å². The molecule has 0 bridgehead atoms. The average molecular weight is 285 g/mol. The highest BCUT2D eigenvalue weighted by Gasteiger charge is 2.38. The maximum Gasteiger partial charge on any atom is 0.284 e. The molecule has 1 aliphatic heterocycles. The van der Waals surface area contributed by atoms with Crippen LogP contribution in [0.2, 0.25) is 0 Å². The number of benzene rings is 2. The van der Waals surface area contributed by atoms with E-state index in [4.69, 9.17) is 0 Å². The largest absolute Gasteiger partial charge is 0.349 e. The molecule has 2 aromatic heterocycles. The monoisotopic (exact) mass is 285 g/mol. The lowest BCUT2D eigenvalue weighted by Crippen LogP contribution is -2.32. The topological polar surface area (TPSA) is 36.7 Å². The molecule has 0 amide bonds. The number of nitrogens with one attached hydrogen (secondary N) is 1. The number of pyridine rings is 1. The fraction of sp³-hybridized carbons (Fsp3) is 0.0526. The van der Waals surface area contributed by atoms with Crippen molar-refractivity contribution in [2.24, 2.45) is 0 Å². The average Bonchev–Trinajstić information content (AvgIpc) is 3.03. The van der Waals surface area contributed by atoms with E-state index in [0.717, 1.165) is 44.3 Å². The third-order valence-electron chi connectivity index (χ3n) is 4.49. The summed E-state index contributed by atoms with van der Waals surface area (Å²) >= 11 is 0. The minimum atomic E-state index is 0.0900. The van der Waals surface area contributed by atoms with Gasteiger partial charge in [0.15, 0.2) is 6.20 Å². The first-order chi connectivity index (χ1) is 10.7. The molecule has 3 heteroatoms. The van der Waals surface area contributed by atoms with E-state index in [9.17, 15) is 4.79 Å². The minimum absolute atomic E-state index is 0.0900. The van der Waals surface area contributed by atoms with E-state index in [1.165, 1.54) is 0 Å². The quantitative estimate of drug-likeness (QED) is 0.435. The Morgan fingerprint density at radius 3 is 2.77 bits per heavy atom. The number of rotatable bonds is 0. The Morgan fingerprint density at radius 2 is 1.86 bits per heavy atom. The van der Waals surface area contributed by atoms with Gasteiger partial charge < -0.3 is 4.98 Å². The van der Waals surface area contributed by atoms with Crippen LogP contribution in [0.4, 0.5) is 0 Å². The second-order valence-electron chi connectivity index (χ2n) is 5.84. The van der Waals surface area contributed by atoms with Crippen LogP contribution in [0.15, 0.2) is 54.7 Å². The predicted octanol–water partition coefficient (Wildman–Crippen LogP) is 3.45. The van der Waals surface area contributed by atoms with Crippen LogP contribution in [0.1, 0.15) is 21.6 Å². The smallest absolute Gasteiger partial charge is 0.284 e. The van der Waals surface area contributed by atoms with Crippen LogP contribution >= 0.6 is 0 Å². The van der Waals surface area contributed by atoms with Gasteiger partial charge in [-0.05, 0) is 24.6 Å². The number of fused-ring (bicyclic) bond motifs is 7. The standard InChI is InChI=1S/C19H12N2O/c1-11-6-7-14-16(10-11)21-9-8-13-12-4-2-3-5-15(12)20-17(13)18(21)19(14)22/h2-10H,1H3/p+1. The summed E-state index contributed by atoms with van der Waals surface area (Å²) in [6.45, 7) is 2.05. The maximum absolute atomic E-state index is 12.8. The maximum atomic E-state index is 12.8. The van der Waals surface area contributed by atoms with Crippen molar-refractivity contribution >= 4 is 27.6 Å². The summed E-state index contributed by atoms with van der Waals surface area (Å²) < 4.78 is 2.00. The molecule has 2 aromatic carbocycles. The van der Waals surface area contributed by atoms with Crippen LogP contribution in [-0.4, -0.2) is 10.8 Å². The van der Waals surface area contributed by atoms with E-state index >= 15 is 0 Å². The molecule has 0 unspecified atom stereocenters. The summed E-state index contributed by atoms with van der Waals surface area (Å²) in [6, 6.07) is 16.2. The van der Waals surface area contributed by atoms with Crippen LogP contribution in [-0.2, 0) is 0 Å². The number of para-hydroxylation sites is 1. The number of nitrogens with zero attached hydrogens (tertiary/aromatic N) is 1. The molecule has 0 fully saturated rings. The number of carbonyl (C=O) groups excluding carboxylic acids is 1. The molecule has 0 aliphatic carbocycles. The minimum Gasteiger partial charge on any atom is -0.349 e. The molecular formula is C19H13N2O+. The molecule has 1 N–H and O–H groups in total. The van der Waals surface area contributed by atoms with Crippen molar-refractivity contribution in [1.29, 1.82) is 0 Å². The Balaban J connectivity index is 1.95. The van der Waals surface area contributed by atoms with Crippen molar-refractivity contribution in [2.75, 3.05) is 0 Å². The van der Waals surface area contributed by atoms with Crippen molar-refractivity contribution in [2.45, 2.75) is 6.92 Å². The van der Waals surface area contributed by atoms with E-state index < -0.39 is 0 Å². The molecule has 0 saturated heterocycles. The van der Waals surface area contributed by atoms with E-state index in [2.05, 4.69) is 23.2 Å². The first-order valence-electron chi connectivity index (χ1n) is 7.35. The summed E-state index contributed by atoms with van der Waals surface area (Å²) in [4.78, 5) is 16.3. The number of ketones is 1. The molecule has 3 heterocycles. The second-order valence-corrected chi connectivity index (χ2v) is 5.84. The Morgan fingerprint density at radius 1 is 1.00 bits per heavy atom. The van der Waals surface area contributed by atoms with Crippen LogP contribution in [0, 0.1) is 6.92 Å². The van der Waals surface area contributed by atoms with Gasteiger partial charge in [0, 0.05) is 28.4 Å². The number of H-pyrrole nitrogens is 1. The molecule has 22 heavy (non-hydrogen) atoms. The zero-order chi connectivity index (χ0) is 14.8. The zero-order valence-corrected chi connectivity index (χ0v) is 12.1. The number of hydrogen-bond acceptors (Lipinski definition) is 1. The zero-order valence-electron chi connectivity index (χ0n) is 12.1. The summed E-state index contributed by atoms with van der Waals surface area (Å²) in [7, 11) is 0. The Labute approximate surface area is 126 Å². The highest BCUT2D eigenvalue weighted by Crippen LogP contribution is 2.31. The Bertz CT molecular complexity index is 1110. The molecule has 0 atom stereocenters. The molecule has 0 spiro atoms. The van der Waals surface area contributed by atoms with Crippen molar-refractivity contribution in [1.82, 2.24) is 4.98 Å². The third kappa shape index (κ3) is 1.31. The number of aromatic amines is 1. The summed E-state index contributed by atoms with van der Waals surface area (Å²) in [6.07, 6.45) is 2.00. The van der Waals surface area contributed by atoms with Gasteiger partial charge in [-0.25, -0.2) is 0 Å². The number of hydrogen-bond donors (Lipinski definition) is 1. The van der Waals surface area contributed by atoms with Crippen LogP contribution in [0.3, 0.4) is 0 Å². The van der Waals surface area contributed by atoms with Crippen molar-refractivity contribution in [3.63, 3.8) is 0 Å². The predicted molar refractivity (Wildman–Crippen MR) is 85.5 cm³/mol. The lowest BCUT2D eigenvalue weighted by molar-refractivity contribution is -0.592. The SMILES string of the molecule is Cc1ccc2c(c1)-[n+]1ccc3c([nH]c4ccccc43)c1C2=O. The van der Waals surface area contributed by atoms with Gasteiger partial charge in [0.2, 0.25) is 5.69 Å². The van der Waals surface area contributed by atoms with Crippen LogP contribution in [0.5, 0.6) is 0 Å². The molecule has 3 nitrogen and oxygen atoms in total. The van der Waals surface area contributed by atoms with Gasteiger partial charge in [-0.2, -0.15) is 4.57 Å². The normalized spacial score (nSPS) is 12.9. The lowest BCUT2D eigenvalue weighted by Gasteiger charge is -1.95. The first kappa shape index (κ1) is 11.7. The van der Waals surface area contributed by atoms with E-state index in [1.54, 1.807) is 0 Å². The summed E-state index contributed by atoms with van der Waals surface area (Å²) in [5.41, 5.74) is 5.62. The fourth-order valence-electron chi connectivity index (χ4n) is 3.45. The molecule has 4 aromatic rings. The summed E-state index contributed by atoms with van der Waals surface area (Å²) in [5.74, 6) is 0.0900. The summed E-state index contributed by atoms with van der Waals surface area (Å²) in [5, 5.41) is 2.25. The van der Waals surface area contributed by atoms with Crippen molar-refractivity contribution in [3.05, 3.63) is 71.5 Å². The highest BCUT2D eigenvalue weighted by molar-refractivity contribution is 6.20. The molecular weight excluding hydrogens is 272 g/mol. The van der Waals surface area contributed by atoms with Crippen molar-refractivity contribution in [3.8, 4) is 5.69 Å². The molecule has 1 aliphatic rings. The third-order valence-corrected chi connectivity index (χ3v) is 4.49. The van der Waals surface area contributed by atoms with E-state index in [1.807, 2.05) is 48.0 Å². The van der Waals surface area contributed by atoms with Gasteiger partial charge >= 0.3 is 0 Å². The van der Waals surface area contributed by atoms with Gasteiger partial charge in [0.1, 0.15) is 11.1 Å². The number of aryl methyl sites for hydroxylation is 1. The molecule has 5 rings (SSSR count). The van der Waals surface area contributed by atoms with Gasteiger partial charge in [0.25, 0.3) is 11.5 Å². The first-order valence-corrected chi connectivity index (χ1v) is 7.35. The fourth-order valence-corrected chi connectivity index (χ4v) is 3.45. The van der Waals surface area contributed by atoms with E-state index in [-0.39, 0.29) is 5.78 Å². The van der Waals surface area contributed by atoms with Gasteiger partial charge in [-0.1, -0.05) is 24.3 Å².